The summed E-state index contributed by atoms with van der Waals surface area (Å²) in [7, 11) is 0. The lowest BCUT2D eigenvalue weighted by Crippen LogP contribution is -2.48. The van der Waals surface area contributed by atoms with Crippen molar-refractivity contribution in [3.05, 3.63) is 0 Å². The molecule has 20 heavy (non-hydrogen) atoms. The van der Waals surface area contributed by atoms with E-state index in [-0.39, 0.29) is 19.0 Å². The van der Waals surface area contributed by atoms with Crippen LogP contribution in [0.1, 0.15) is 25.7 Å². The van der Waals surface area contributed by atoms with Gasteiger partial charge in [0.2, 0.25) is 0 Å². The van der Waals surface area contributed by atoms with Crippen LogP contribution in [0.3, 0.4) is 0 Å². The van der Waals surface area contributed by atoms with Crippen molar-refractivity contribution in [2.24, 2.45) is 5.41 Å². The smallest absolute Gasteiger partial charge is 0.406 e. The molecule has 0 aromatic rings. The van der Waals surface area contributed by atoms with E-state index in [9.17, 15) is 18.0 Å². The molecule has 2 heterocycles. The summed E-state index contributed by atoms with van der Waals surface area (Å²) in [6.07, 6.45) is -1.78. The van der Waals surface area contributed by atoms with Gasteiger partial charge in [0.05, 0.1) is 0 Å². The molecule has 2 aliphatic heterocycles. The van der Waals surface area contributed by atoms with Gasteiger partial charge in [-0.15, -0.1) is 0 Å². The Morgan fingerprint density at radius 1 is 1.10 bits per heavy atom. The lowest BCUT2D eigenvalue weighted by molar-refractivity contribution is -0.227. The van der Waals surface area contributed by atoms with E-state index >= 15 is 0 Å². The third-order valence-corrected chi connectivity index (χ3v) is 5.03. The van der Waals surface area contributed by atoms with Crippen molar-refractivity contribution in [2.45, 2.75) is 43.9 Å². The first-order valence-corrected chi connectivity index (χ1v) is 7.12. The molecule has 4 nitrogen and oxygen atoms in total. The number of likely N-dealkylation sites (tertiary alicyclic amines) is 2. The number of carboxylic acids is 1. The topological polar surface area (TPSA) is 43.8 Å². The maximum Gasteiger partial charge on any atom is 0.406 e. The third-order valence-electron chi connectivity index (χ3n) is 5.03. The van der Waals surface area contributed by atoms with Crippen LogP contribution in [0.25, 0.3) is 0 Å². The van der Waals surface area contributed by atoms with Gasteiger partial charge in [-0.3, -0.25) is 14.6 Å². The fourth-order valence-electron chi connectivity index (χ4n) is 3.52. The molecule has 2 atom stereocenters. The zero-order valence-corrected chi connectivity index (χ0v) is 11.2. The molecule has 2 unspecified atom stereocenters. The second-order valence-electron chi connectivity index (χ2n) is 6.27. The Balaban J connectivity index is 1.68. The van der Waals surface area contributed by atoms with Crippen molar-refractivity contribution < 1.29 is 23.1 Å². The largest absolute Gasteiger partial charge is 0.481 e. The monoisotopic (exact) mass is 292 g/mol. The average molecular weight is 292 g/mol. The van der Waals surface area contributed by atoms with Gasteiger partial charge in [0.25, 0.3) is 0 Å². The van der Waals surface area contributed by atoms with Gasteiger partial charge in [-0.25, -0.2) is 0 Å². The molecule has 2 saturated heterocycles. The summed E-state index contributed by atoms with van der Waals surface area (Å²) < 4.78 is 39.4. The molecule has 0 radical (unpaired) electrons. The zero-order valence-electron chi connectivity index (χ0n) is 11.2. The quantitative estimate of drug-likeness (QED) is 0.857. The minimum Gasteiger partial charge on any atom is -0.481 e. The molecular formula is C13H19F3N2O2. The standard InChI is InChI=1S/C13H19F3N2O2/c14-13(15,16)12(11(19)20)4-6-18(8-12)10-3-5-17(7-10)9-1-2-9/h9-10H,1-8H2,(H,19,20). The van der Waals surface area contributed by atoms with Gasteiger partial charge in [-0.1, -0.05) is 0 Å². The second kappa shape index (κ2) is 4.59. The van der Waals surface area contributed by atoms with Crippen LogP contribution in [0.2, 0.25) is 0 Å². The molecule has 0 aromatic carbocycles. The molecule has 1 saturated carbocycles. The third kappa shape index (κ3) is 2.20. The molecular weight excluding hydrogens is 273 g/mol. The molecule has 0 amide bonds. The van der Waals surface area contributed by atoms with Gasteiger partial charge in [-0.2, -0.15) is 13.2 Å². The van der Waals surface area contributed by atoms with Crippen molar-refractivity contribution >= 4 is 5.97 Å². The van der Waals surface area contributed by atoms with Gasteiger partial charge >= 0.3 is 12.1 Å². The fraction of sp³-hybridized carbons (Fsp3) is 0.923. The Bertz CT molecular complexity index is 411. The second-order valence-corrected chi connectivity index (χ2v) is 6.27. The first-order valence-electron chi connectivity index (χ1n) is 7.12. The molecule has 3 aliphatic rings. The molecule has 1 N–H and O–H groups in total. The van der Waals surface area contributed by atoms with Gasteiger partial charge in [0.1, 0.15) is 0 Å². The Labute approximate surface area is 115 Å². The van der Waals surface area contributed by atoms with E-state index in [4.69, 9.17) is 5.11 Å². The maximum absolute atomic E-state index is 13.1. The van der Waals surface area contributed by atoms with E-state index in [1.165, 1.54) is 12.8 Å². The number of carbonyl (C=O) groups is 1. The Morgan fingerprint density at radius 2 is 1.80 bits per heavy atom. The summed E-state index contributed by atoms with van der Waals surface area (Å²) in [6, 6.07) is 0.702. The lowest BCUT2D eigenvalue weighted by Gasteiger charge is -2.29. The molecule has 0 spiro atoms. The summed E-state index contributed by atoms with van der Waals surface area (Å²) in [5, 5.41) is 9.05. The Hall–Kier alpha value is -0.820. The average Bonchev–Trinajstić information content (AvgIpc) is 2.92. The van der Waals surface area contributed by atoms with Crippen LogP contribution < -0.4 is 0 Å². The molecule has 0 bridgehead atoms. The van der Waals surface area contributed by atoms with Gasteiger partial charge in [0.15, 0.2) is 5.41 Å². The van der Waals surface area contributed by atoms with Crippen molar-refractivity contribution in [1.29, 1.82) is 0 Å². The fourth-order valence-corrected chi connectivity index (χ4v) is 3.52. The summed E-state index contributed by atoms with van der Waals surface area (Å²) >= 11 is 0. The molecule has 3 fully saturated rings. The highest BCUT2D eigenvalue weighted by Crippen LogP contribution is 2.47. The molecule has 0 aromatic heterocycles. The van der Waals surface area contributed by atoms with Crippen LogP contribution in [-0.4, -0.2) is 65.3 Å². The number of hydrogen-bond donors (Lipinski definition) is 1. The maximum atomic E-state index is 13.1. The number of nitrogens with zero attached hydrogens (tertiary/aromatic N) is 2. The molecule has 7 heteroatoms. The number of hydrogen-bond acceptors (Lipinski definition) is 3. The summed E-state index contributed by atoms with van der Waals surface area (Å²) in [4.78, 5) is 15.2. The number of halogens is 3. The van der Waals surface area contributed by atoms with Crippen LogP contribution >= 0.6 is 0 Å². The van der Waals surface area contributed by atoms with E-state index in [2.05, 4.69) is 4.90 Å². The highest BCUT2D eigenvalue weighted by molar-refractivity contribution is 5.76. The SMILES string of the molecule is O=C(O)C1(C(F)(F)F)CCN(C2CCN(C3CC3)C2)C1. The van der Waals surface area contributed by atoms with Crippen molar-refractivity contribution in [2.75, 3.05) is 26.2 Å². The number of carboxylic acid groups (broad SMARTS) is 1. The minimum absolute atomic E-state index is 0.0826. The molecule has 1 aliphatic carbocycles. The number of rotatable bonds is 3. The van der Waals surface area contributed by atoms with E-state index in [1.54, 1.807) is 4.90 Å². The van der Waals surface area contributed by atoms with Crippen LogP contribution in [-0.2, 0) is 4.79 Å². The van der Waals surface area contributed by atoms with E-state index < -0.39 is 24.1 Å². The number of alkyl halides is 3. The van der Waals surface area contributed by atoms with Gasteiger partial charge in [-0.05, 0) is 25.7 Å². The predicted octanol–water partition coefficient (Wildman–Crippen LogP) is 1.56. The van der Waals surface area contributed by atoms with E-state index in [0.717, 1.165) is 19.5 Å². The Kier molecular flexibility index (Phi) is 3.25. The van der Waals surface area contributed by atoms with Gasteiger partial charge in [0, 0.05) is 38.3 Å². The highest BCUT2D eigenvalue weighted by Gasteiger charge is 2.64. The molecule has 3 rings (SSSR count). The lowest BCUT2D eigenvalue weighted by atomic mass is 9.86. The van der Waals surface area contributed by atoms with Crippen LogP contribution in [0.5, 0.6) is 0 Å². The van der Waals surface area contributed by atoms with Gasteiger partial charge < -0.3 is 5.11 Å². The van der Waals surface area contributed by atoms with Crippen LogP contribution in [0, 0.1) is 5.41 Å². The predicted molar refractivity (Wildman–Crippen MR) is 65.3 cm³/mol. The summed E-state index contributed by atoms with van der Waals surface area (Å²) in [5.41, 5.74) is -2.57. The van der Waals surface area contributed by atoms with E-state index in [1.807, 2.05) is 0 Å². The van der Waals surface area contributed by atoms with Crippen molar-refractivity contribution in [3.8, 4) is 0 Å². The zero-order chi connectivity index (χ0) is 14.5. The van der Waals surface area contributed by atoms with Crippen LogP contribution in [0.4, 0.5) is 13.2 Å². The minimum atomic E-state index is -4.68. The van der Waals surface area contributed by atoms with Crippen molar-refractivity contribution in [1.82, 2.24) is 9.80 Å². The Morgan fingerprint density at radius 3 is 2.30 bits per heavy atom. The highest BCUT2D eigenvalue weighted by atomic mass is 19.4. The van der Waals surface area contributed by atoms with Crippen molar-refractivity contribution in [3.63, 3.8) is 0 Å². The first-order chi connectivity index (χ1) is 9.33. The van der Waals surface area contributed by atoms with E-state index in [0.29, 0.717) is 6.04 Å². The normalized spacial score (nSPS) is 36.6. The van der Waals surface area contributed by atoms with Crippen LogP contribution in [0.15, 0.2) is 0 Å². The summed E-state index contributed by atoms with van der Waals surface area (Å²) in [5.74, 6) is -1.73. The summed E-state index contributed by atoms with van der Waals surface area (Å²) in [6.45, 7) is 1.56. The number of aliphatic carboxylic acids is 1. The first kappa shape index (κ1) is 14.1. The molecule has 114 valence electrons.